The van der Waals surface area contributed by atoms with E-state index in [9.17, 15) is 4.79 Å². The zero-order valence-corrected chi connectivity index (χ0v) is 27.3. The summed E-state index contributed by atoms with van der Waals surface area (Å²) in [6.07, 6.45) is 1.64. The van der Waals surface area contributed by atoms with Crippen LogP contribution in [-0.2, 0) is 6.61 Å². The first-order valence-electron chi connectivity index (χ1n) is 13.9. The molecule has 0 unspecified atom stereocenters. The molecule has 0 fully saturated rings. The maximum absolute atomic E-state index is 13.8. The third-order valence-corrected chi connectivity index (χ3v) is 8.16. The molecule has 0 bridgehead atoms. The lowest BCUT2D eigenvalue weighted by molar-refractivity contribution is 0.304. The normalized spacial score (nSPS) is 11.5. The van der Waals surface area contributed by atoms with Crippen LogP contribution in [0.25, 0.3) is 22.3 Å². The first-order valence-corrected chi connectivity index (χ1v) is 15.4. The third kappa shape index (κ3) is 6.80. The van der Waals surface area contributed by atoms with Crippen molar-refractivity contribution in [1.29, 1.82) is 0 Å². The number of hydrogen-bond acceptors (Lipinski definition) is 5. The van der Waals surface area contributed by atoms with Gasteiger partial charge in [-0.25, -0.2) is 4.98 Å². The maximum atomic E-state index is 13.8. The molecule has 5 rings (SSSR count). The molecular weight excluding hydrogens is 649 g/mol. The van der Waals surface area contributed by atoms with Crippen LogP contribution >= 0.6 is 39.1 Å². The summed E-state index contributed by atoms with van der Waals surface area (Å²) in [5, 5.41) is 6.26. The van der Waals surface area contributed by atoms with Crippen LogP contribution in [0.3, 0.4) is 0 Å². The number of aryl methyl sites for hydroxylation is 1. The molecule has 4 aromatic carbocycles. The molecule has 43 heavy (non-hydrogen) atoms. The molecule has 0 saturated carbocycles. The zero-order valence-electron chi connectivity index (χ0n) is 24.2. The first-order chi connectivity index (χ1) is 20.7. The van der Waals surface area contributed by atoms with Crippen molar-refractivity contribution < 1.29 is 9.47 Å². The standard InChI is InChI=1S/C34H30BrCl2N3O3/c1-5-42-32-14-21(4)27(17-26(32)20(2)3)33-39-30-9-7-6-8-25(30)34(41)40(33)38-18-22-10-13-31(28(35)15-22)43-19-23-11-12-24(36)16-29(23)37/h6-18,20H,5,19H2,1-4H3. The summed E-state index contributed by atoms with van der Waals surface area (Å²) in [5.74, 6) is 2.14. The predicted molar refractivity (Wildman–Crippen MR) is 179 cm³/mol. The Morgan fingerprint density at radius 1 is 1.00 bits per heavy atom. The molecule has 0 saturated heterocycles. The van der Waals surface area contributed by atoms with Crippen LogP contribution in [0, 0.1) is 6.92 Å². The Morgan fingerprint density at radius 3 is 2.51 bits per heavy atom. The maximum Gasteiger partial charge on any atom is 0.282 e. The Labute approximate surface area is 269 Å². The van der Waals surface area contributed by atoms with Gasteiger partial charge in [-0.15, -0.1) is 0 Å². The topological polar surface area (TPSA) is 65.7 Å². The summed E-state index contributed by atoms with van der Waals surface area (Å²) < 4.78 is 14.0. The number of fused-ring (bicyclic) bond motifs is 1. The lowest BCUT2D eigenvalue weighted by atomic mass is 9.96. The van der Waals surface area contributed by atoms with Crippen molar-refractivity contribution in [3.63, 3.8) is 0 Å². The van der Waals surface area contributed by atoms with Gasteiger partial charge in [0.05, 0.1) is 28.2 Å². The monoisotopic (exact) mass is 677 g/mol. The van der Waals surface area contributed by atoms with Gasteiger partial charge in [-0.2, -0.15) is 9.78 Å². The van der Waals surface area contributed by atoms with E-state index in [-0.39, 0.29) is 18.1 Å². The molecule has 9 heteroatoms. The van der Waals surface area contributed by atoms with Crippen LogP contribution in [0.2, 0.25) is 10.0 Å². The van der Waals surface area contributed by atoms with Crippen molar-refractivity contribution in [3.8, 4) is 22.9 Å². The van der Waals surface area contributed by atoms with Crippen LogP contribution in [-0.4, -0.2) is 22.5 Å². The van der Waals surface area contributed by atoms with Gasteiger partial charge < -0.3 is 9.47 Å². The molecule has 0 aliphatic heterocycles. The Bertz CT molecular complexity index is 1900. The fourth-order valence-corrected chi connectivity index (χ4v) is 5.68. The molecule has 0 aliphatic carbocycles. The average Bonchev–Trinajstić information content (AvgIpc) is 2.97. The summed E-state index contributed by atoms with van der Waals surface area (Å²) in [6.45, 7) is 9.04. The molecule has 0 N–H and O–H groups in total. The SMILES string of the molecule is CCOc1cc(C)c(-c2nc3ccccc3c(=O)n2N=Cc2ccc(OCc3ccc(Cl)cc3Cl)c(Br)c2)cc1C(C)C. The lowest BCUT2D eigenvalue weighted by Crippen LogP contribution is -2.20. The summed E-state index contributed by atoms with van der Waals surface area (Å²) in [7, 11) is 0. The number of ether oxygens (including phenoxy) is 2. The van der Waals surface area contributed by atoms with E-state index in [1.807, 2.05) is 62.4 Å². The smallest absolute Gasteiger partial charge is 0.282 e. The van der Waals surface area contributed by atoms with Gasteiger partial charge in [0.15, 0.2) is 5.82 Å². The van der Waals surface area contributed by atoms with Crippen molar-refractivity contribution in [2.75, 3.05) is 6.61 Å². The van der Waals surface area contributed by atoms with Crippen LogP contribution in [0.4, 0.5) is 0 Å². The predicted octanol–water partition coefficient (Wildman–Crippen LogP) is 9.42. The largest absolute Gasteiger partial charge is 0.494 e. The van der Waals surface area contributed by atoms with Gasteiger partial charge in [0.2, 0.25) is 0 Å². The highest BCUT2D eigenvalue weighted by Gasteiger charge is 2.18. The van der Waals surface area contributed by atoms with Gasteiger partial charge >= 0.3 is 0 Å². The second kappa shape index (κ2) is 13.3. The fourth-order valence-electron chi connectivity index (χ4n) is 4.71. The molecule has 0 amide bonds. The molecular formula is C34H30BrCl2N3O3. The molecule has 6 nitrogen and oxygen atoms in total. The molecule has 0 spiro atoms. The lowest BCUT2D eigenvalue weighted by Gasteiger charge is -2.18. The Kier molecular flexibility index (Phi) is 9.55. The van der Waals surface area contributed by atoms with E-state index >= 15 is 0 Å². The third-order valence-electron chi connectivity index (χ3n) is 6.95. The minimum atomic E-state index is -0.255. The average molecular weight is 679 g/mol. The van der Waals surface area contributed by atoms with Gasteiger partial charge in [0.1, 0.15) is 18.1 Å². The van der Waals surface area contributed by atoms with E-state index in [0.29, 0.717) is 39.1 Å². The van der Waals surface area contributed by atoms with Crippen LogP contribution in [0.15, 0.2) is 87.2 Å². The van der Waals surface area contributed by atoms with Crippen LogP contribution < -0.4 is 15.0 Å². The van der Waals surface area contributed by atoms with Gasteiger partial charge in [0.25, 0.3) is 5.56 Å². The number of nitrogens with zero attached hydrogens (tertiary/aromatic N) is 3. The fraction of sp³-hybridized carbons (Fsp3) is 0.206. The van der Waals surface area contributed by atoms with Crippen LogP contribution in [0.1, 0.15) is 48.9 Å². The number of para-hydroxylation sites is 1. The van der Waals surface area contributed by atoms with E-state index in [1.165, 1.54) is 4.68 Å². The van der Waals surface area contributed by atoms with Crippen molar-refractivity contribution in [2.24, 2.45) is 5.10 Å². The molecule has 1 aromatic heterocycles. The minimum absolute atomic E-state index is 0.207. The highest BCUT2D eigenvalue weighted by molar-refractivity contribution is 9.10. The Hall–Kier alpha value is -3.65. The zero-order chi connectivity index (χ0) is 30.7. The molecule has 0 radical (unpaired) electrons. The minimum Gasteiger partial charge on any atom is -0.494 e. The van der Waals surface area contributed by atoms with Gasteiger partial charge in [-0.05, 0) is 107 Å². The Balaban J connectivity index is 1.53. The summed E-state index contributed by atoms with van der Waals surface area (Å²) in [6, 6.07) is 22.3. The highest BCUT2D eigenvalue weighted by atomic mass is 79.9. The molecule has 220 valence electrons. The van der Waals surface area contributed by atoms with E-state index in [2.05, 4.69) is 40.9 Å². The molecule has 0 atom stereocenters. The molecule has 5 aromatic rings. The van der Waals surface area contributed by atoms with Crippen molar-refractivity contribution in [2.45, 2.75) is 40.2 Å². The first kappa shape index (κ1) is 30.8. The van der Waals surface area contributed by atoms with E-state index in [0.717, 1.165) is 38.0 Å². The summed E-state index contributed by atoms with van der Waals surface area (Å²) in [5.41, 5.74) is 4.74. The molecule has 1 heterocycles. The number of aromatic nitrogens is 2. The van der Waals surface area contributed by atoms with Crippen molar-refractivity contribution in [3.05, 3.63) is 120 Å². The number of benzene rings is 4. The van der Waals surface area contributed by atoms with Crippen molar-refractivity contribution in [1.82, 2.24) is 9.66 Å². The number of halogens is 3. The van der Waals surface area contributed by atoms with E-state index in [4.69, 9.17) is 37.7 Å². The van der Waals surface area contributed by atoms with E-state index in [1.54, 1.807) is 24.4 Å². The summed E-state index contributed by atoms with van der Waals surface area (Å²) in [4.78, 5) is 18.7. The van der Waals surface area contributed by atoms with Gasteiger partial charge in [0, 0.05) is 21.2 Å². The second-order valence-electron chi connectivity index (χ2n) is 10.3. The van der Waals surface area contributed by atoms with Gasteiger partial charge in [-0.1, -0.05) is 55.2 Å². The molecule has 0 aliphatic rings. The van der Waals surface area contributed by atoms with Crippen LogP contribution in [0.5, 0.6) is 11.5 Å². The highest BCUT2D eigenvalue weighted by Crippen LogP contribution is 2.34. The number of hydrogen-bond donors (Lipinski definition) is 0. The second-order valence-corrected chi connectivity index (χ2v) is 12.0. The number of rotatable bonds is 9. The van der Waals surface area contributed by atoms with Crippen molar-refractivity contribution >= 4 is 56.2 Å². The summed E-state index contributed by atoms with van der Waals surface area (Å²) >= 11 is 15.9. The van der Waals surface area contributed by atoms with Gasteiger partial charge in [-0.3, -0.25) is 4.79 Å². The Morgan fingerprint density at radius 2 is 1.79 bits per heavy atom. The van der Waals surface area contributed by atoms with E-state index < -0.39 is 0 Å². The quantitative estimate of drug-likeness (QED) is 0.146.